The molecule has 3 aromatic rings. The third-order valence-electron chi connectivity index (χ3n) is 7.28. The highest BCUT2D eigenvalue weighted by molar-refractivity contribution is 5.96. The summed E-state index contributed by atoms with van der Waals surface area (Å²) in [6.07, 6.45) is 1.67. The van der Waals surface area contributed by atoms with Crippen LogP contribution in [0.2, 0.25) is 0 Å². The van der Waals surface area contributed by atoms with E-state index in [0.29, 0.717) is 17.5 Å². The van der Waals surface area contributed by atoms with Gasteiger partial charge in [0.2, 0.25) is 23.6 Å². The number of amides is 4. The van der Waals surface area contributed by atoms with E-state index in [0.717, 1.165) is 10.9 Å². The number of aromatic amines is 1. The maximum absolute atomic E-state index is 13.6. The van der Waals surface area contributed by atoms with Crippen molar-refractivity contribution in [2.75, 3.05) is 0 Å². The Balaban J connectivity index is 1.84. The molecule has 13 nitrogen and oxygen atoms in total. The first-order chi connectivity index (χ1) is 20.4. The Morgan fingerprint density at radius 1 is 0.884 bits per heavy atom. The number of carbonyl (C=O) groups is 5. The third-order valence-corrected chi connectivity index (χ3v) is 7.28. The summed E-state index contributed by atoms with van der Waals surface area (Å²) in [5.74, 6) is -4.89. The Morgan fingerprint density at radius 3 is 2.14 bits per heavy atom. The van der Waals surface area contributed by atoms with Crippen molar-refractivity contribution in [3.05, 3.63) is 65.9 Å². The van der Waals surface area contributed by atoms with Gasteiger partial charge in [-0.3, -0.25) is 19.2 Å². The van der Waals surface area contributed by atoms with Gasteiger partial charge in [-0.05, 0) is 41.7 Å². The summed E-state index contributed by atoms with van der Waals surface area (Å²) < 4.78 is 0. The maximum atomic E-state index is 13.6. The third kappa shape index (κ3) is 9.04. The van der Waals surface area contributed by atoms with Gasteiger partial charge in [-0.2, -0.15) is 0 Å². The van der Waals surface area contributed by atoms with E-state index in [1.807, 2.05) is 24.3 Å². The molecule has 0 aliphatic rings. The highest BCUT2D eigenvalue weighted by atomic mass is 16.4. The SMILES string of the molecule is CCC(C)C(NC(=O)C(CC(N)=O)NC(=O)C(Cc1c[nH]c2ccccc12)NC(=O)C(N)Cc1ccc(O)cc1)C(=O)O. The molecule has 0 saturated heterocycles. The van der Waals surface area contributed by atoms with Gasteiger partial charge in [-0.1, -0.05) is 50.6 Å². The second-order valence-corrected chi connectivity index (χ2v) is 10.5. The number of nitrogens with one attached hydrogen (secondary N) is 4. The number of carbonyl (C=O) groups excluding carboxylic acids is 4. The number of rotatable bonds is 15. The summed E-state index contributed by atoms with van der Waals surface area (Å²) in [4.78, 5) is 66.5. The van der Waals surface area contributed by atoms with Crippen LogP contribution in [0.4, 0.5) is 0 Å². The van der Waals surface area contributed by atoms with E-state index in [4.69, 9.17) is 11.5 Å². The largest absolute Gasteiger partial charge is 0.508 e. The van der Waals surface area contributed by atoms with Crippen LogP contribution < -0.4 is 27.4 Å². The monoisotopic (exact) mass is 594 g/mol. The maximum Gasteiger partial charge on any atom is 0.326 e. The minimum atomic E-state index is -1.50. The summed E-state index contributed by atoms with van der Waals surface area (Å²) in [6, 6.07) is 8.49. The lowest BCUT2D eigenvalue weighted by atomic mass is 9.98. The summed E-state index contributed by atoms with van der Waals surface area (Å²) in [5, 5.41) is 27.4. The second-order valence-electron chi connectivity index (χ2n) is 10.5. The number of hydrogen-bond donors (Lipinski definition) is 8. The number of hydrogen-bond acceptors (Lipinski definition) is 7. The van der Waals surface area contributed by atoms with Gasteiger partial charge in [0.1, 0.15) is 23.9 Å². The number of H-pyrrole nitrogens is 1. The number of phenols is 1. The summed E-state index contributed by atoms with van der Waals surface area (Å²) in [7, 11) is 0. The zero-order chi connectivity index (χ0) is 31.7. The van der Waals surface area contributed by atoms with Crippen molar-refractivity contribution in [2.45, 2.75) is 63.7 Å². The van der Waals surface area contributed by atoms with Gasteiger partial charge in [-0.25, -0.2) is 4.79 Å². The molecule has 1 aromatic heterocycles. The molecule has 230 valence electrons. The molecule has 0 saturated carbocycles. The lowest BCUT2D eigenvalue weighted by Crippen LogP contribution is -2.58. The lowest BCUT2D eigenvalue weighted by Gasteiger charge is -2.26. The lowest BCUT2D eigenvalue weighted by molar-refractivity contribution is -0.144. The van der Waals surface area contributed by atoms with Gasteiger partial charge in [0.05, 0.1) is 12.5 Å². The number of aliphatic carboxylic acids is 1. The zero-order valence-electron chi connectivity index (χ0n) is 24.0. The zero-order valence-corrected chi connectivity index (χ0v) is 24.0. The van der Waals surface area contributed by atoms with Gasteiger partial charge in [-0.15, -0.1) is 0 Å². The van der Waals surface area contributed by atoms with Crippen molar-refractivity contribution < 1.29 is 34.2 Å². The van der Waals surface area contributed by atoms with E-state index in [-0.39, 0.29) is 18.6 Å². The van der Waals surface area contributed by atoms with Crippen LogP contribution in [0.15, 0.2) is 54.7 Å². The number of carboxylic acid groups (broad SMARTS) is 1. The second kappa shape index (κ2) is 14.8. The molecule has 43 heavy (non-hydrogen) atoms. The molecule has 5 unspecified atom stereocenters. The topological polar surface area (TPSA) is 230 Å². The first kappa shape index (κ1) is 32.6. The van der Waals surface area contributed by atoms with E-state index in [1.54, 1.807) is 32.2 Å². The number of benzene rings is 2. The van der Waals surface area contributed by atoms with Crippen molar-refractivity contribution >= 4 is 40.5 Å². The predicted octanol–water partition coefficient (Wildman–Crippen LogP) is 0.447. The molecule has 2 aromatic carbocycles. The van der Waals surface area contributed by atoms with Crippen molar-refractivity contribution in [3.63, 3.8) is 0 Å². The van der Waals surface area contributed by atoms with Crippen LogP contribution in [0, 0.1) is 5.92 Å². The molecule has 0 aliphatic carbocycles. The Morgan fingerprint density at radius 2 is 1.51 bits per heavy atom. The van der Waals surface area contributed by atoms with Crippen LogP contribution in [0.5, 0.6) is 5.75 Å². The molecule has 5 atom stereocenters. The van der Waals surface area contributed by atoms with Gasteiger partial charge >= 0.3 is 5.97 Å². The van der Waals surface area contributed by atoms with Crippen LogP contribution in [-0.2, 0) is 36.8 Å². The number of nitrogens with two attached hydrogens (primary N) is 2. The van der Waals surface area contributed by atoms with E-state index in [9.17, 15) is 34.2 Å². The van der Waals surface area contributed by atoms with E-state index in [1.165, 1.54) is 12.1 Å². The molecule has 1 heterocycles. The fourth-order valence-corrected chi connectivity index (χ4v) is 4.61. The molecule has 13 heteroatoms. The van der Waals surface area contributed by atoms with E-state index < -0.39 is 66.1 Å². The Kier molecular flexibility index (Phi) is 11.2. The molecule has 0 fully saturated rings. The van der Waals surface area contributed by atoms with Crippen molar-refractivity contribution in [2.24, 2.45) is 17.4 Å². The molecule has 4 amide bonds. The van der Waals surface area contributed by atoms with E-state index >= 15 is 0 Å². The molecular weight excluding hydrogens is 556 g/mol. The van der Waals surface area contributed by atoms with Gasteiger partial charge in [0, 0.05) is 23.5 Å². The van der Waals surface area contributed by atoms with Crippen molar-refractivity contribution in [1.29, 1.82) is 0 Å². The van der Waals surface area contributed by atoms with Crippen LogP contribution in [0.25, 0.3) is 10.9 Å². The fraction of sp³-hybridized carbons (Fsp3) is 0.367. The van der Waals surface area contributed by atoms with Gasteiger partial charge in [0.25, 0.3) is 0 Å². The molecule has 10 N–H and O–H groups in total. The van der Waals surface area contributed by atoms with Crippen LogP contribution in [0.1, 0.15) is 37.8 Å². The number of para-hydroxylation sites is 1. The molecule has 3 rings (SSSR count). The first-order valence-electron chi connectivity index (χ1n) is 13.9. The molecule has 0 bridgehead atoms. The van der Waals surface area contributed by atoms with Crippen LogP contribution in [0.3, 0.4) is 0 Å². The minimum Gasteiger partial charge on any atom is -0.508 e. The molecule has 0 radical (unpaired) electrons. The number of aromatic hydroxyl groups is 1. The minimum absolute atomic E-state index is 0.00302. The average molecular weight is 595 g/mol. The first-order valence-corrected chi connectivity index (χ1v) is 13.9. The fourth-order valence-electron chi connectivity index (χ4n) is 4.61. The number of fused-ring (bicyclic) bond motifs is 1. The highest BCUT2D eigenvalue weighted by Crippen LogP contribution is 2.20. The van der Waals surface area contributed by atoms with E-state index in [2.05, 4.69) is 20.9 Å². The normalized spacial score (nSPS) is 14.6. The standard InChI is InChI=1S/C30H38N6O7/c1-3-16(2)26(30(42)43)36-29(41)24(14-25(32)38)35-28(40)23(13-18-15-33-22-7-5-4-6-20(18)22)34-27(39)21(31)12-17-8-10-19(37)11-9-17/h4-11,15-16,21,23-24,26,33,37H,3,12-14,31H2,1-2H3,(H2,32,38)(H,34,39)(H,35,40)(H,36,41)(H,42,43). The summed E-state index contributed by atoms with van der Waals surface area (Å²) in [5.41, 5.74) is 13.7. The summed E-state index contributed by atoms with van der Waals surface area (Å²) in [6.45, 7) is 3.41. The molecule has 0 aliphatic heterocycles. The molecular formula is C30H38N6O7. The Labute approximate surface area is 248 Å². The molecule has 0 spiro atoms. The predicted molar refractivity (Wildman–Crippen MR) is 158 cm³/mol. The van der Waals surface area contributed by atoms with Gasteiger partial charge < -0.3 is 42.6 Å². The van der Waals surface area contributed by atoms with Gasteiger partial charge in [0.15, 0.2) is 0 Å². The number of aromatic nitrogens is 1. The van der Waals surface area contributed by atoms with Crippen molar-refractivity contribution in [1.82, 2.24) is 20.9 Å². The number of primary amides is 1. The Bertz CT molecular complexity index is 1450. The van der Waals surface area contributed by atoms with Crippen LogP contribution >= 0.6 is 0 Å². The quantitative estimate of drug-likeness (QED) is 0.123. The van der Waals surface area contributed by atoms with Crippen LogP contribution in [-0.4, -0.2) is 69.0 Å². The average Bonchev–Trinajstić information content (AvgIpc) is 3.38. The Hall–Kier alpha value is -4.91. The highest BCUT2D eigenvalue weighted by Gasteiger charge is 2.33. The smallest absolute Gasteiger partial charge is 0.326 e. The van der Waals surface area contributed by atoms with Crippen molar-refractivity contribution in [3.8, 4) is 5.75 Å². The number of phenolic OH excluding ortho intramolecular Hbond substituents is 1. The summed E-state index contributed by atoms with van der Waals surface area (Å²) >= 11 is 0. The number of carboxylic acids is 1.